The molecule has 6 heteroatoms. The Morgan fingerprint density at radius 2 is 1.92 bits per heavy atom. The second-order valence-electron chi connectivity index (χ2n) is 7.94. The Balaban J connectivity index is 1.98. The number of nitrogens with one attached hydrogen (secondary N) is 1. The first-order valence-electron chi connectivity index (χ1n) is 9.64. The molecule has 0 saturated carbocycles. The van der Waals surface area contributed by atoms with Gasteiger partial charge in [-0.2, -0.15) is 0 Å². The molecule has 142 valence electrons. The standard InChI is InChI=1S/C20H27FN2O3/c1-4-5-6-15(21)14-8-7-13-11-23(13,20(26)18(14)12(2)3)16-9-10-17(24)22-19(16)25/h13,16H,4-11H2,1-3H3/p+1/b15-14+. The number of hydrogen-bond donors (Lipinski definition) is 1. The Kier molecular flexibility index (Phi) is 5.15. The lowest BCUT2D eigenvalue weighted by Gasteiger charge is -2.29. The maximum atomic E-state index is 14.8. The van der Waals surface area contributed by atoms with Crippen molar-refractivity contribution in [3.63, 3.8) is 0 Å². The molecule has 3 aliphatic rings. The number of amides is 3. The van der Waals surface area contributed by atoms with Crippen LogP contribution in [0.25, 0.3) is 0 Å². The molecule has 0 bridgehead atoms. The van der Waals surface area contributed by atoms with E-state index in [1.165, 1.54) is 0 Å². The van der Waals surface area contributed by atoms with Crippen LogP contribution in [0.15, 0.2) is 22.5 Å². The van der Waals surface area contributed by atoms with E-state index < -0.39 is 6.04 Å². The first kappa shape index (κ1) is 19.0. The fourth-order valence-corrected chi connectivity index (χ4v) is 4.56. The molecule has 3 amide bonds. The second-order valence-corrected chi connectivity index (χ2v) is 7.94. The Morgan fingerprint density at radius 1 is 1.19 bits per heavy atom. The van der Waals surface area contributed by atoms with Gasteiger partial charge in [0, 0.05) is 24.8 Å². The van der Waals surface area contributed by atoms with Crippen molar-refractivity contribution in [3.05, 3.63) is 22.5 Å². The molecule has 0 aromatic rings. The number of unbranched alkanes of at least 4 members (excludes halogenated alkanes) is 1. The monoisotopic (exact) mass is 363 g/mol. The molecule has 1 N–H and O–H groups in total. The number of allylic oxidation sites excluding steroid dienone is 2. The van der Waals surface area contributed by atoms with Crippen LogP contribution in [0.1, 0.15) is 65.7 Å². The number of carbonyl (C=O) groups excluding carboxylic acids is 3. The fraction of sp³-hybridized carbons (Fsp3) is 0.650. The minimum absolute atomic E-state index is 0.0530. The third-order valence-electron chi connectivity index (χ3n) is 6.00. The number of piperidine rings is 1. The predicted octanol–water partition coefficient (Wildman–Crippen LogP) is 3.06. The predicted molar refractivity (Wildman–Crippen MR) is 95.4 cm³/mol. The van der Waals surface area contributed by atoms with E-state index in [4.69, 9.17) is 0 Å². The lowest BCUT2D eigenvalue weighted by molar-refractivity contribution is -0.751. The number of nitrogens with zero attached hydrogens (tertiary/aromatic N) is 1. The van der Waals surface area contributed by atoms with Gasteiger partial charge in [-0.15, -0.1) is 0 Å². The zero-order chi connectivity index (χ0) is 19.1. The van der Waals surface area contributed by atoms with Crippen LogP contribution in [0.4, 0.5) is 4.39 Å². The smallest absolute Gasteiger partial charge is 0.291 e. The number of halogens is 1. The summed E-state index contributed by atoms with van der Waals surface area (Å²) in [5.41, 5.74) is 1.82. The van der Waals surface area contributed by atoms with Gasteiger partial charge in [0.25, 0.3) is 5.91 Å². The maximum absolute atomic E-state index is 14.8. The van der Waals surface area contributed by atoms with Crippen molar-refractivity contribution in [2.45, 2.75) is 77.8 Å². The van der Waals surface area contributed by atoms with E-state index >= 15 is 0 Å². The molecule has 0 aromatic heterocycles. The van der Waals surface area contributed by atoms with Crippen LogP contribution in [-0.2, 0) is 14.4 Å². The Labute approximate surface area is 153 Å². The first-order valence-corrected chi connectivity index (χ1v) is 9.64. The summed E-state index contributed by atoms with van der Waals surface area (Å²) < 4.78 is 14.9. The van der Waals surface area contributed by atoms with Crippen LogP contribution in [0, 0.1) is 0 Å². The summed E-state index contributed by atoms with van der Waals surface area (Å²) in [4.78, 5) is 37.4. The molecule has 0 spiro atoms. The Morgan fingerprint density at radius 3 is 2.54 bits per heavy atom. The van der Waals surface area contributed by atoms with Crippen molar-refractivity contribution in [1.29, 1.82) is 0 Å². The zero-order valence-corrected chi connectivity index (χ0v) is 15.9. The highest BCUT2D eigenvalue weighted by atomic mass is 19.1. The molecule has 26 heavy (non-hydrogen) atoms. The highest BCUT2D eigenvalue weighted by molar-refractivity contribution is 6.02. The summed E-state index contributed by atoms with van der Waals surface area (Å²) in [5.74, 6) is -0.952. The molecule has 3 rings (SSSR count). The summed E-state index contributed by atoms with van der Waals surface area (Å²) in [5, 5.41) is 2.38. The van der Waals surface area contributed by atoms with Crippen LogP contribution in [0.2, 0.25) is 0 Å². The maximum Gasteiger partial charge on any atom is 0.347 e. The number of imide groups is 1. The molecule has 0 radical (unpaired) electrons. The summed E-state index contributed by atoms with van der Waals surface area (Å²) in [6.45, 7) is 6.31. The lowest BCUT2D eigenvalue weighted by Crippen LogP contribution is -2.57. The van der Waals surface area contributed by atoms with Gasteiger partial charge in [-0.05, 0) is 33.1 Å². The molecule has 3 fully saturated rings. The van der Waals surface area contributed by atoms with E-state index in [9.17, 15) is 18.8 Å². The second kappa shape index (κ2) is 7.06. The van der Waals surface area contributed by atoms with Crippen LogP contribution in [0.5, 0.6) is 0 Å². The number of carbonyl (C=O) groups is 3. The van der Waals surface area contributed by atoms with Crippen molar-refractivity contribution in [2.24, 2.45) is 0 Å². The van der Waals surface area contributed by atoms with Gasteiger partial charge in [-0.25, -0.2) is 13.7 Å². The van der Waals surface area contributed by atoms with Gasteiger partial charge >= 0.3 is 5.91 Å². The third-order valence-corrected chi connectivity index (χ3v) is 6.00. The molecule has 3 unspecified atom stereocenters. The zero-order valence-electron chi connectivity index (χ0n) is 15.9. The first-order chi connectivity index (χ1) is 12.3. The molecule has 3 aliphatic heterocycles. The van der Waals surface area contributed by atoms with E-state index in [1.807, 2.05) is 20.8 Å². The third kappa shape index (κ3) is 3.04. The van der Waals surface area contributed by atoms with E-state index in [2.05, 4.69) is 5.32 Å². The minimum Gasteiger partial charge on any atom is -0.291 e. The molecular formula is C20H28FN2O3+. The average molecular weight is 363 g/mol. The summed E-state index contributed by atoms with van der Waals surface area (Å²) in [6, 6.07) is -0.477. The molecule has 3 saturated heterocycles. The van der Waals surface area contributed by atoms with Crippen molar-refractivity contribution >= 4 is 17.7 Å². The van der Waals surface area contributed by atoms with Crippen LogP contribution < -0.4 is 5.32 Å². The van der Waals surface area contributed by atoms with Crippen molar-refractivity contribution in [1.82, 2.24) is 5.32 Å². The Hall–Kier alpha value is -1.82. The van der Waals surface area contributed by atoms with Gasteiger partial charge in [0.15, 0.2) is 6.04 Å². The normalized spacial score (nSPS) is 33.4. The van der Waals surface area contributed by atoms with Crippen LogP contribution in [0.3, 0.4) is 0 Å². The van der Waals surface area contributed by atoms with Crippen molar-refractivity contribution in [3.8, 4) is 0 Å². The quantitative estimate of drug-likeness (QED) is 0.361. The number of quaternary nitrogens is 1. The number of hydrogen-bond acceptors (Lipinski definition) is 3. The molecule has 5 nitrogen and oxygen atoms in total. The number of rotatable bonds is 4. The molecule has 0 aromatic carbocycles. The van der Waals surface area contributed by atoms with Gasteiger partial charge in [-0.3, -0.25) is 14.9 Å². The highest BCUT2D eigenvalue weighted by Gasteiger charge is 2.69. The SMILES string of the molecule is CCCC/C(F)=C1/CCC2C[N+]2(C2CCC(=O)NC2=O)C(=O)C1=C(C)C. The lowest BCUT2D eigenvalue weighted by atomic mass is 9.93. The van der Waals surface area contributed by atoms with Gasteiger partial charge in [-0.1, -0.05) is 18.9 Å². The van der Waals surface area contributed by atoms with E-state index in [0.29, 0.717) is 43.4 Å². The summed E-state index contributed by atoms with van der Waals surface area (Å²) in [6.07, 6.45) is 3.91. The van der Waals surface area contributed by atoms with Crippen molar-refractivity contribution < 1.29 is 23.3 Å². The highest BCUT2D eigenvalue weighted by Crippen LogP contribution is 2.48. The number of fused-ring (bicyclic) bond motifs is 1. The summed E-state index contributed by atoms with van der Waals surface area (Å²) in [7, 11) is 0. The van der Waals surface area contributed by atoms with Crippen LogP contribution in [-0.4, -0.2) is 40.8 Å². The van der Waals surface area contributed by atoms with E-state index in [-0.39, 0.29) is 40.5 Å². The van der Waals surface area contributed by atoms with Gasteiger partial charge < -0.3 is 0 Å². The van der Waals surface area contributed by atoms with E-state index in [1.54, 1.807) is 0 Å². The van der Waals surface area contributed by atoms with E-state index in [0.717, 1.165) is 18.4 Å². The minimum atomic E-state index is -0.530. The van der Waals surface area contributed by atoms with Gasteiger partial charge in [0.05, 0.1) is 5.57 Å². The Bertz CT molecular complexity index is 721. The van der Waals surface area contributed by atoms with Gasteiger partial charge in [0.1, 0.15) is 18.4 Å². The topological polar surface area (TPSA) is 63.2 Å². The largest absolute Gasteiger partial charge is 0.347 e. The fourth-order valence-electron chi connectivity index (χ4n) is 4.56. The van der Waals surface area contributed by atoms with Crippen LogP contribution >= 0.6 is 0 Å². The summed E-state index contributed by atoms with van der Waals surface area (Å²) >= 11 is 0. The van der Waals surface area contributed by atoms with Crippen molar-refractivity contribution in [2.75, 3.05) is 6.54 Å². The molecule has 3 atom stereocenters. The molecular weight excluding hydrogens is 335 g/mol. The molecule has 3 heterocycles. The average Bonchev–Trinajstić information content (AvgIpc) is 3.31. The molecule has 0 aliphatic carbocycles. The van der Waals surface area contributed by atoms with Gasteiger partial charge in [0.2, 0.25) is 5.91 Å².